The van der Waals surface area contributed by atoms with Crippen molar-refractivity contribution >= 4 is 23.1 Å². The molecule has 1 N–H and O–H groups in total. The van der Waals surface area contributed by atoms with Crippen molar-refractivity contribution in [1.29, 1.82) is 0 Å². The number of anilines is 1. The van der Waals surface area contributed by atoms with Crippen LogP contribution in [0.1, 0.15) is 21.6 Å². The molecule has 5 nitrogen and oxygen atoms in total. The third-order valence-corrected chi connectivity index (χ3v) is 3.90. The molecule has 1 amide bonds. The van der Waals surface area contributed by atoms with Gasteiger partial charge < -0.3 is 5.32 Å². The number of hydrogen-bond donors (Lipinski definition) is 1. The van der Waals surface area contributed by atoms with Crippen molar-refractivity contribution in [2.45, 2.75) is 13.5 Å². The topological polar surface area (TPSA) is 59.8 Å². The highest BCUT2D eigenvalue weighted by Gasteiger charge is 2.12. The number of hydrogen-bond acceptors (Lipinski definition) is 4. The molecule has 3 aromatic rings. The van der Waals surface area contributed by atoms with Crippen molar-refractivity contribution in [3.8, 4) is 0 Å². The highest BCUT2D eigenvalue weighted by Crippen LogP contribution is 2.14. The SMILES string of the molecule is Cc1nscc1C(=O)Nc1cnn(Cc2ccccc2F)c1. The van der Waals surface area contributed by atoms with E-state index in [4.69, 9.17) is 0 Å². The first-order chi connectivity index (χ1) is 10.6. The van der Waals surface area contributed by atoms with Crippen LogP contribution in [0.5, 0.6) is 0 Å². The fourth-order valence-corrected chi connectivity index (χ4v) is 2.72. The Morgan fingerprint density at radius 3 is 2.95 bits per heavy atom. The lowest BCUT2D eigenvalue weighted by molar-refractivity contribution is 0.102. The smallest absolute Gasteiger partial charge is 0.258 e. The minimum atomic E-state index is -0.274. The van der Waals surface area contributed by atoms with Crippen LogP contribution in [-0.4, -0.2) is 20.1 Å². The Balaban J connectivity index is 1.70. The molecule has 0 bridgehead atoms. The van der Waals surface area contributed by atoms with Gasteiger partial charge in [-0.05, 0) is 24.5 Å². The van der Waals surface area contributed by atoms with E-state index in [1.54, 1.807) is 41.4 Å². The van der Waals surface area contributed by atoms with Gasteiger partial charge in [0.15, 0.2) is 0 Å². The molecule has 112 valence electrons. The van der Waals surface area contributed by atoms with E-state index in [-0.39, 0.29) is 11.7 Å². The maximum Gasteiger partial charge on any atom is 0.258 e. The number of benzene rings is 1. The molecule has 22 heavy (non-hydrogen) atoms. The molecule has 0 saturated carbocycles. The number of carbonyl (C=O) groups is 1. The molecular weight excluding hydrogens is 303 g/mol. The number of halogens is 1. The van der Waals surface area contributed by atoms with E-state index in [0.717, 1.165) is 0 Å². The predicted molar refractivity (Wildman–Crippen MR) is 82.5 cm³/mol. The van der Waals surface area contributed by atoms with Gasteiger partial charge in [0.1, 0.15) is 5.82 Å². The van der Waals surface area contributed by atoms with Gasteiger partial charge in [-0.25, -0.2) is 4.39 Å². The van der Waals surface area contributed by atoms with E-state index < -0.39 is 0 Å². The van der Waals surface area contributed by atoms with Gasteiger partial charge >= 0.3 is 0 Å². The van der Waals surface area contributed by atoms with Gasteiger partial charge in [0, 0.05) is 17.1 Å². The second-order valence-electron chi connectivity index (χ2n) is 4.79. The van der Waals surface area contributed by atoms with E-state index in [1.807, 2.05) is 0 Å². The second kappa shape index (κ2) is 6.07. The van der Waals surface area contributed by atoms with Gasteiger partial charge in [-0.15, -0.1) is 0 Å². The number of carbonyl (C=O) groups excluding carboxylic acids is 1. The molecule has 0 aliphatic carbocycles. The van der Waals surface area contributed by atoms with Gasteiger partial charge in [-0.2, -0.15) is 9.47 Å². The molecule has 0 unspecified atom stereocenters. The van der Waals surface area contributed by atoms with Gasteiger partial charge in [0.25, 0.3) is 5.91 Å². The van der Waals surface area contributed by atoms with Crippen LogP contribution in [0, 0.1) is 12.7 Å². The molecule has 0 fully saturated rings. The largest absolute Gasteiger partial charge is 0.319 e. The molecule has 0 atom stereocenters. The van der Waals surface area contributed by atoms with Crippen LogP contribution in [0.3, 0.4) is 0 Å². The maximum atomic E-state index is 13.6. The van der Waals surface area contributed by atoms with Crippen LogP contribution in [-0.2, 0) is 6.54 Å². The zero-order valence-electron chi connectivity index (χ0n) is 11.8. The Morgan fingerprint density at radius 2 is 2.23 bits per heavy atom. The summed E-state index contributed by atoms with van der Waals surface area (Å²) in [6.07, 6.45) is 3.20. The van der Waals surface area contributed by atoms with Gasteiger partial charge in [-0.1, -0.05) is 18.2 Å². The summed E-state index contributed by atoms with van der Waals surface area (Å²) in [6.45, 7) is 2.09. The lowest BCUT2D eigenvalue weighted by atomic mass is 10.2. The van der Waals surface area contributed by atoms with Crippen molar-refractivity contribution in [3.63, 3.8) is 0 Å². The maximum absolute atomic E-state index is 13.6. The summed E-state index contributed by atoms with van der Waals surface area (Å²) in [5.74, 6) is -0.500. The molecule has 1 aromatic carbocycles. The minimum Gasteiger partial charge on any atom is -0.319 e. The molecule has 0 saturated heterocycles. The summed E-state index contributed by atoms with van der Waals surface area (Å²) in [5, 5.41) is 8.59. The van der Waals surface area contributed by atoms with Crippen LogP contribution in [0.15, 0.2) is 42.0 Å². The molecule has 0 aliphatic heterocycles. The molecule has 0 radical (unpaired) electrons. The molecule has 3 rings (SSSR count). The second-order valence-corrected chi connectivity index (χ2v) is 5.41. The fraction of sp³-hybridized carbons (Fsp3) is 0.133. The van der Waals surface area contributed by atoms with E-state index in [9.17, 15) is 9.18 Å². The number of nitrogens with one attached hydrogen (secondary N) is 1. The number of aromatic nitrogens is 3. The summed E-state index contributed by atoms with van der Waals surface area (Å²) in [7, 11) is 0. The molecule has 0 spiro atoms. The van der Waals surface area contributed by atoms with Crippen LogP contribution in [0.25, 0.3) is 0 Å². The highest BCUT2D eigenvalue weighted by molar-refractivity contribution is 7.04. The van der Waals surface area contributed by atoms with Crippen molar-refractivity contribution in [3.05, 3.63) is 64.7 Å². The first-order valence-corrected chi connectivity index (χ1v) is 7.45. The first kappa shape index (κ1) is 14.4. The van der Waals surface area contributed by atoms with Gasteiger partial charge in [0.05, 0.1) is 29.7 Å². The zero-order chi connectivity index (χ0) is 15.5. The lowest BCUT2D eigenvalue weighted by Crippen LogP contribution is -2.11. The number of rotatable bonds is 4. The number of nitrogens with zero attached hydrogens (tertiary/aromatic N) is 3. The zero-order valence-corrected chi connectivity index (χ0v) is 12.6. The summed E-state index contributed by atoms with van der Waals surface area (Å²) in [4.78, 5) is 12.1. The van der Waals surface area contributed by atoms with Crippen molar-refractivity contribution in [2.75, 3.05) is 5.32 Å². The van der Waals surface area contributed by atoms with E-state index >= 15 is 0 Å². The standard InChI is InChI=1S/C15H13FN4OS/c1-10-13(9-22-19-10)15(21)18-12-6-17-20(8-12)7-11-4-2-3-5-14(11)16/h2-6,8-9H,7H2,1H3,(H,18,21). The highest BCUT2D eigenvalue weighted by atomic mass is 32.1. The van der Waals surface area contributed by atoms with Crippen LogP contribution >= 0.6 is 11.5 Å². The predicted octanol–water partition coefficient (Wildman–Crippen LogP) is 3.09. The average Bonchev–Trinajstić information content (AvgIpc) is 3.10. The average molecular weight is 316 g/mol. The van der Waals surface area contributed by atoms with E-state index in [1.165, 1.54) is 23.8 Å². The third kappa shape index (κ3) is 3.04. The van der Waals surface area contributed by atoms with E-state index in [2.05, 4.69) is 14.8 Å². The Kier molecular flexibility index (Phi) is 3.97. The van der Waals surface area contributed by atoms with Crippen molar-refractivity contribution in [2.24, 2.45) is 0 Å². The van der Waals surface area contributed by atoms with Crippen LogP contribution in [0.4, 0.5) is 10.1 Å². The normalized spacial score (nSPS) is 10.6. The van der Waals surface area contributed by atoms with Gasteiger partial charge in [-0.3, -0.25) is 9.48 Å². The van der Waals surface area contributed by atoms with Crippen molar-refractivity contribution in [1.82, 2.24) is 14.2 Å². The third-order valence-electron chi connectivity index (χ3n) is 3.18. The minimum absolute atomic E-state index is 0.225. The Labute approximate surface area is 130 Å². The lowest BCUT2D eigenvalue weighted by Gasteiger charge is -2.03. The first-order valence-electron chi connectivity index (χ1n) is 6.61. The van der Waals surface area contributed by atoms with Crippen LogP contribution in [0.2, 0.25) is 0 Å². The van der Waals surface area contributed by atoms with Crippen LogP contribution < -0.4 is 5.32 Å². The van der Waals surface area contributed by atoms with Gasteiger partial charge in [0.2, 0.25) is 0 Å². The summed E-state index contributed by atoms with van der Waals surface area (Å²) < 4.78 is 19.3. The molecule has 2 aromatic heterocycles. The Bertz CT molecular complexity index is 811. The molecule has 0 aliphatic rings. The Hall–Kier alpha value is -2.54. The summed E-state index contributed by atoms with van der Waals surface area (Å²) in [5.41, 5.74) is 2.35. The number of aryl methyl sites for hydroxylation is 1. The monoisotopic (exact) mass is 316 g/mol. The molecular formula is C15H13FN4OS. The van der Waals surface area contributed by atoms with Crippen molar-refractivity contribution < 1.29 is 9.18 Å². The quantitative estimate of drug-likeness (QED) is 0.804. The molecule has 7 heteroatoms. The molecule has 2 heterocycles. The Morgan fingerprint density at radius 1 is 1.41 bits per heavy atom. The van der Waals surface area contributed by atoms with E-state index in [0.29, 0.717) is 29.1 Å². The summed E-state index contributed by atoms with van der Waals surface area (Å²) >= 11 is 1.24. The number of amides is 1. The summed E-state index contributed by atoms with van der Waals surface area (Å²) in [6, 6.07) is 6.53. The fourth-order valence-electron chi connectivity index (χ4n) is 2.02.